The summed E-state index contributed by atoms with van der Waals surface area (Å²) in [5, 5.41) is 4.00. The molecule has 1 aromatic heterocycles. The standard InChI is InChI=1S/C20H13BrClN3OS/c21-13-3-9-16(10-4-13)25-11-1-2-17(25)12-18-19(26)24-20(27-18)23-15-7-5-14(22)6-8-15/h1-12H,(H,23,24,26)/b18-12+. The summed E-state index contributed by atoms with van der Waals surface area (Å²) in [7, 11) is 0. The number of nitrogens with zero attached hydrogens (tertiary/aromatic N) is 2. The van der Waals surface area contributed by atoms with Crippen molar-refractivity contribution in [3.05, 3.63) is 87.0 Å². The fourth-order valence-electron chi connectivity index (χ4n) is 2.60. The van der Waals surface area contributed by atoms with E-state index in [0.717, 1.165) is 21.5 Å². The monoisotopic (exact) mass is 457 g/mol. The van der Waals surface area contributed by atoms with E-state index < -0.39 is 0 Å². The van der Waals surface area contributed by atoms with Crippen molar-refractivity contribution in [2.75, 3.05) is 0 Å². The van der Waals surface area contributed by atoms with Crippen LogP contribution < -0.4 is 5.32 Å². The molecule has 0 aliphatic carbocycles. The van der Waals surface area contributed by atoms with Gasteiger partial charge in [0.05, 0.1) is 10.6 Å². The van der Waals surface area contributed by atoms with Gasteiger partial charge in [0.2, 0.25) is 0 Å². The summed E-state index contributed by atoms with van der Waals surface area (Å²) in [6.45, 7) is 0. The maximum absolute atomic E-state index is 12.3. The highest BCUT2D eigenvalue weighted by Gasteiger charge is 2.24. The third-order valence-corrected chi connectivity index (χ3v) is 5.56. The number of aromatic nitrogens is 1. The minimum Gasteiger partial charge on any atom is -0.317 e. The molecule has 1 saturated heterocycles. The third kappa shape index (κ3) is 4.18. The zero-order chi connectivity index (χ0) is 18.8. The molecule has 1 aliphatic rings. The lowest BCUT2D eigenvalue weighted by molar-refractivity contribution is -0.115. The van der Waals surface area contributed by atoms with Crippen molar-refractivity contribution in [2.24, 2.45) is 4.99 Å². The number of amides is 1. The van der Waals surface area contributed by atoms with Crippen molar-refractivity contribution in [1.82, 2.24) is 9.88 Å². The lowest BCUT2D eigenvalue weighted by Gasteiger charge is -2.07. The van der Waals surface area contributed by atoms with E-state index in [1.54, 1.807) is 12.1 Å². The number of benzene rings is 2. The van der Waals surface area contributed by atoms with Gasteiger partial charge in [-0.25, -0.2) is 4.99 Å². The zero-order valence-corrected chi connectivity index (χ0v) is 17.1. The Morgan fingerprint density at radius 1 is 1.07 bits per heavy atom. The van der Waals surface area contributed by atoms with E-state index in [1.165, 1.54) is 11.8 Å². The van der Waals surface area contributed by atoms with E-state index in [1.807, 2.05) is 65.4 Å². The average Bonchev–Trinajstić information content (AvgIpc) is 3.25. The SMILES string of the molecule is O=C1NC(=Nc2ccc(Cl)cc2)S/C1=C/c1cccn1-c1ccc(Br)cc1. The number of thioether (sulfide) groups is 1. The van der Waals surface area contributed by atoms with Gasteiger partial charge in [0.15, 0.2) is 5.17 Å². The predicted molar refractivity (Wildman–Crippen MR) is 116 cm³/mol. The van der Waals surface area contributed by atoms with Crippen LogP contribution in [0.1, 0.15) is 5.69 Å². The molecule has 27 heavy (non-hydrogen) atoms. The smallest absolute Gasteiger partial charge is 0.264 e. The van der Waals surface area contributed by atoms with E-state index in [9.17, 15) is 4.79 Å². The first-order valence-electron chi connectivity index (χ1n) is 8.07. The lowest BCUT2D eigenvalue weighted by atomic mass is 10.3. The molecular weight excluding hydrogens is 446 g/mol. The van der Waals surface area contributed by atoms with E-state index in [4.69, 9.17) is 11.6 Å². The summed E-state index contributed by atoms with van der Waals surface area (Å²) < 4.78 is 3.05. The summed E-state index contributed by atoms with van der Waals surface area (Å²) in [5.74, 6) is -0.156. The number of carbonyl (C=O) groups is 1. The molecule has 1 N–H and O–H groups in total. The molecule has 7 heteroatoms. The number of nitrogens with one attached hydrogen (secondary N) is 1. The second-order valence-electron chi connectivity index (χ2n) is 5.74. The lowest BCUT2D eigenvalue weighted by Crippen LogP contribution is -2.19. The predicted octanol–water partition coefficient (Wildman–Crippen LogP) is 5.78. The maximum atomic E-state index is 12.3. The third-order valence-electron chi connectivity index (χ3n) is 3.87. The zero-order valence-electron chi connectivity index (χ0n) is 13.9. The van der Waals surface area contributed by atoms with Gasteiger partial charge in [0.1, 0.15) is 0 Å². The van der Waals surface area contributed by atoms with Gasteiger partial charge in [0.25, 0.3) is 5.91 Å². The molecule has 2 aromatic carbocycles. The molecule has 0 unspecified atom stereocenters. The summed E-state index contributed by atoms with van der Waals surface area (Å²) in [5.41, 5.74) is 2.68. The summed E-state index contributed by atoms with van der Waals surface area (Å²) in [4.78, 5) is 17.4. The molecule has 0 radical (unpaired) electrons. The van der Waals surface area contributed by atoms with E-state index in [-0.39, 0.29) is 5.91 Å². The molecule has 2 heterocycles. The molecule has 1 fully saturated rings. The molecule has 0 atom stereocenters. The summed E-state index contributed by atoms with van der Waals surface area (Å²) in [6, 6.07) is 19.1. The molecule has 3 aromatic rings. The minimum absolute atomic E-state index is 0.156. The second kappa shape index (κ2) is 7.76. The molecular formula is C20H13BrClN3OS. The maximum Gasteiger partial charge on any atom is 0.264 e. The Morgan fingerprint density at radius 2 is 1.81 bits per heavy atom. The van der Waals surface area contributed by atoms with E-state index in [0.29, 0.717) is 15.1 Å². The molecule has 0 saturated carbocycles. The molecule has 4 nitrogen and oxygen atoms in total. The van der Waals surface area contributed by atoms with Crippen molar-refractivity contribution in [2.45, 2.75) is 0 Å². The number of hydrogen-bond donors (Lipinski definition) is 1. The number of halogens is 2. The van der Waals surface area contributed by atoms with E-state index >= 15 is 0 Å². The largest absolute Gasteiger partial charge is 0.317 e. The molecule has 1 amide bonds. The Hall–Kier alpha value is -2.28. The molecule has 1 aliphatic heterocycles. The summed E-state index contributed by atoms with van der Waals surface area (Å²) in [6.07, 6.45) is 3.84. The van der Waals surface area contributed by atoms with Gasteiger partial charge in [-0.15, -0.1) is 0 Å². The van der Waals surface area contributed by atoms with Crippen LogP contribution in [0.25, 0.3) is 11.8 Å². The second-order valence-corrected chi connectivity index (χ2v) is 8.12. The van der Waals surface area contributed by atoms with Gasteiger partial charge < -0.3 is 9.88 Å². The molecule has 134 valence electrons. The summed E-state index contributed by atoms with van der Waals surface area (Å²) >= 11 is 10.7. The van der Waals surface area contributed by atoms with Crippen LogP contribution in [0.4, 0.5) is 5.69 Å². The number of rotatable bonds is 3. The van der Waals surface area contributed by atoms with Crippen molar-refractivity contribution in [3.63, 3.8) is 0 Å². The molecule has 0 bridgehead atoms. The van der Waals surface area contributed by atoms with Crippen LogP contribution >= 0.6 is 39.3 Å². The van der Waals surface area contributed by atoms with Gasteiger partial charge >= 0.3 is 0 Å². The number of aliphatic imine (C=N–C) groups is 1. The van der Waals surface area contributed by atoms with Crippen LogP contribution in [0, 0.1) is 0 Å². The number of hydrogen-bond acceptors (Lipinski definition) is 3. The van der Waals surface area contributed by atoms with Crippen LogP contribution in [0.15, 0.2) is 81.2 Å². The highest BCUT2D eigenvalue weighted by atomic mass is 79.9. The fraction of sp³-hybridized carbons (Fsp3) is 0. The average molecular weight is 459 g/mol. The van der Waals surface area contributed by atoms with Crippen molar-refractivity contribution >= 4 is 62.1 Å². The number of amidine groups is 1. The van der Waals surface area contributed by atoms with Crippen molar-refractivity contribution in [3.8, 4) is 5.69 Å². The highest BCUT2D eigenvalue weighted by molar-refractivity contribution is 9.10. The number of carbonyl (C=O) groups excluding carboxylic acids is 1. The Bertz CT molecular complexity index is 1060. The minimum atomic E-state index is -0.156. The van der Waals surface area contributed by atoms with Gasteiger partial charge in [-0.3, -0.25) is 4.79 Å². The first kappa shape index (κ1) is 18.1. The van der Waals surface area contributed by atoms with Crippen molar-refractivity contribution < 1.29 is 4.79 Å². The normalized spacial score (nSPS) is 16.9. The van der Waals surface area contributed by atoms with Crippen LogP contribution in [0.2, 0.25) is 5.02 Å². The highest BCUT2D eigenvalue weighted by Crippen LogP contribution is 2.29. The first-order chi connectivity index (χ1) is 13.1. The Balaban J connectivity index is 1.60. The Kier molecular flexibility index (Phi) is 5.20. The van der Waals surface area contributed by atoms with Crippen LogP contribution in [0.5, 0.6) is 0 Å². The van der Waals surface area contributed by atoms with E-state index in [2.05, 4.69) is 26.2 Å². The van der Waals surface area contributed by atoms with Crippen LogP contribution in [-0.4, -0.2) is 15.6 Å². The Morgan fingerprint density at radius 3 is 2.56 bits per heavy atom. The molecule has 0 spiro atoms. The van der Waals surface area contributed by atoms with Crippen LogP contribution in [0.3, 0.4) is 0 Å². The topological polar surface area (TPSA) is 46.4 Å². The van der Waals surface area contributed by atoms with Gasteiger partial charge in [-0.2, -0.15) is 0 Å². The van der Waals surface area contributed by atoms with Gasteiger partial charge in [-0.1, -0.05) is 27.5 Å². The Labute approximate surface area is 174 Å². The first-order valence-corrected chi connectivity index (χ1v) is 10.1. The van der Waals surface area contributed by atoms with Crippen molar-refractivity contribution in [1.29, 1.82) is 0 Å². The fourth-order valence-corrected chi connectivity index (χ4v) is 3.81. The van der Waals surface area contributed by atoms with Gasteiger partial charge in [-0.05, 0) is 78.5 Å². The van der Waals surface area contributed by atoms with Crippen LogP contribution in [-0.2, 0) is 4.79 Å². The molecule has 4 rings (SSSR count). The van der Waals surface area contributed by atoms with Gasteiger partial charge in [0, 0.05) is 27.1 Å². The quantitative estimate of drug-likeness (QED) is 0.505.